The van der Waals surface area contributed by atoms with Gasteiger partial charge in [-0.15, -0.1) is 0 Å². The third kappa shape index (κ3) is 5.68. The Hall–Kier alpha value is 0.01000. The molecule has 0 aliphatic carbocycles. The molecule has 0 atom stereocenters. The summed E-state index contributed by atoms with van der Waals surface area (Å²) in [4.78, 5) is 2.32. The molecule has 0 saturated carbocycles. The van der Waals surface area contributed by atoms with Crippen molar-refractivity contribution in [1.82, 2.24) is 4.90 Å². The van der Waals surface area contributed by atoms with Crippen molar-refractivity contribution in [2.24, 2.45) is 0 Å². The van der Waals surface area contributed by atoms with Crippen LogP contribution in [0.5, 0.6) is 0 Å². The zero-order valence-corrected chi connectivity index (χ0v) is 10.2. The summed E-state index contributed by atoms with van der Waals surface area (Å²) in [6.45, 7) is 6.32. The molecule has 0 spiro atoms. The average molecular weight is 217 g/mol. The Balaban J connectivity index is 4.04. The van der Waals surface area contributed by atoms with Crippen LogP contribution in [0.2, 0.25) is 0 Å². The highest BCUT2D eigenvalue weighted by atomic mass is 32.1. The molecule has 0 fully saturated rings. The lowest BCUT2D eigenvalue weighted by molar-refractivity contribution is 0.157. The fraction of sp³-hybridized carbons (Fsp3) is 0.818. The third-order valence-electron chi connectivity index (χ3n) is 2.46. The third-order valence-corrected chi connectivity index (χ3v) is 2.67. The number of hydrogen-bond donors (Lipinski definition) is 2. The Kier molecular flexibility index (Phi) is 9.57. The summed E-state index contributed by atoms with van der Waals surface area (Å²) in [7, 11) is 0. The summed E-state index contributed by atoms with van der Waals surface area (Å²) in [5, 5.41) is 8.95. The number of rotatable bonds is 8. The van der Waals surface area contributed by atoms with E-state index in [-0.39, 0.29) is 6.61 Å². The maximum absolute atomic E-state index is 8.95. The molecule has 0 aliphatic rings. The molecule has 14 heavy (non-hydrogen) atoms. The highest BCUT2D eigenvalue weighted by Crippen LogP contribution is 2.07. The lowest BCUT2D eigenvalue weighted by Crippen LogP contribution is -2.36. The van der Waals surface area contributed by atoms with Crippen molar-refractivity contribution in [3.8, 4) is 0 Å². The van der Waals surface area contributed by atoms with Gasteiger partial charge in [0, 0.05) is 24.9 Å². The number of nitrogens with zero attached hydrogens (tertiary/aromatic N) is 1. The van der Waals surface area contributed by atoms with Crippen molar-refractivity contribution in [2.75, 3.05) is 25.4 Å². The standard InChI is InChI=1S/C11H23NOS/c1-3-11(4-2)12(8-9-13)7-5-6-10-14/h5-6,11,13-14H,3-4,7-10H2,1-2H3. The van der Waals surface area contributed by atoms with Gasteiger partial charge in [0.25, 0.3) is 0 Å². The predicted molar refractivity (Wildman–Crippen MR) is 66.0 cm³/mol. The molecule has 0 radical (unpaired) electrons. The van der Waals surface area contributed by atoms with Crippen LogP contribution in [-0.4, -0.2) is 41.5 Å². The Morgan fingerprint density at radius 1 is 1.29 bits per heavy atom. The molecule has 0 aromatic carbocycles. The van der Waals surface area contributed by atoms with Gasteiger partial charge in [0.2, 0.25) is 0 Å². The zero-order valence-electron chi connectivity index (χ0n) is 9.32. The Morgan fingerprint density at radius 2 is 1.93 bits per heavy atom. The maximum Gasteiger partial charge on any atom is 0.0558 e. The normalized spacial score (nSPS) is 12.1. The summed E-state index contributed by atoms with van der Waals surface area (Å²) in [5.74, 6) is 0.788. The maximum atomic E-state index is 8.95. The molecule has 1 N–H and O–H groups in total. The van der Waals surface area contributed by atoms with Crippen molar-refractivity contribution >= 4 is 12.6 Å². The summed E-state index contributed by atoms with van der Waals surface area (Å²) in [6, 6.07) is 0.590. The fourth-order valence-electron chi connectivity index (χ4n) is 1.64. The van der Waals surface area contributed by atoms with Crippen LogP contribution in [0.25, 0.3) is 0 Å². The van der Waals surface area contributed by atoms with Crippen LogP contribution in [0.4, 0.5) is 0 Å². The molecule has 0 unspecified atom stereocenters. The summed E-state index contributed by atoms with van der Waals surface area (Å²) < 4.78 is 0. The van der Waals surface area contributed by atoms with E-state index in [4.69, 9.17) is 5.11 Å². The first-order chi connectivity index (χ1) is 6.79. The van der Waals surface area contributed by atoms with E-state index in [9.17, 15) is 0 Å². The summed E-state index contributed by atoms with van der Waals surface area (Å²) in [5.41, 5.74) is 0. The number of thiol groups is 1. The molecule has 2 nitrogen and oxygen atoms in total. The molecular formula is C11H23NOS. The van der Waals surface area contributed by atoms with Gasteiger partial charge in [-0.1, -0.05) is 26.0 Å². The zero-order chi connectivity index (χ0) is 10.8. The first-order valence-corrected chi connectivity index (χ1v) is 6.04. The number of aliphatic hydroxyl groups is 1. The second-order valence-electron chi connectivity index (χ2n) is 3.34. The van der Waals surface area contributed by atoms with Crippen molar-refractivity contribution in [3.63, 3.8) is 0 Å². The molecule has 0 bridgehead atoms. The molecule has 0 aromatic heterocycles. The van der Waals surface area contributed by atoms with E-state index in [1.54, 1.807) is 0 Å². The highest BCUT2D eigenvalue weighted by molar-refractivity contribution is 7.80. The smallest absolute Gasteiger partial charge is 0.0558 e. The van der Waals surface area contributed by atoms with Crippen LogP contribution in [0.1, 0.15) is 26.7 Å². The van der Waals surface area contributed by atoms with E-state index in [2.05, 4.69) is 43.5 Å². The Morgan fingerprint density at radius 3 is 2.36 bits per heavy atom. The number of aliphatic hydroxyl groups excluding tert-OH is 1. The van der Waals surface area contributed by atoms with Crippen LogP contribution in [0.3, 0.4) is 0 Å². The van der Waals surface area contributed by atoms with Crippen LogP contribution in [0.15, 0.2) is 12.2 Å². The minimum absolute atomic E-state index is 0.241. The van der Waals surface area contributed by atoms with E-state index < -0.39 is 0 Å². The largest absolute Gasteiger partial charge is 0.395 e. The highest BCUT2D eigenvalue weighted by Gasteiger charge is 2.12. The second-order valence-corrected chi connectivity index (χ2v) is 3.71. The summed E-state index contributed by atoms with van der Waals surface area (Å²) in [6.07, 6.45) is 6.47. The van der Waals surface area contributed by atoms with Gasteiger partial charge in [-0.3, -0.25) is 4.90 Å². The van der Waals surface area contributed by atoms with Gasteiger partial charge in [0.1, 0.15) is 0 Å². The van der Waals surface area contributed by atoms with E-state index >= 15 is 0 Å². The van der Waals surface area contributed by atoms with Crippen molar-refractivity contribution < 1.29 is 5.11 Å². The van der Waals surface area contributed by atoms with Gasteiger partial charge < -0.3 is 5.11 Å². The average Bonchev–Trinajstić information content (AvgIpc) is 2.20. The van der Waals surface area contributed by atoms with Gasteiger partial charge in [0.15, 0.2) is 0 Å². The topological polar surface area (TPSA) is 23.5 Å². The van der Waals surface area contributed by atoms with Gasteiger partial charge in [0.05, 0.1) is 6.61 Å². The molecule has 0 saturated heterocycles. The fourth-order valence-corrected chi connectivity index (χ4v) is 1.79. The van der Waals surface area contributed by atoms with Crippen molar-refractivity contribution in [3.05, 3.63) is 12.2 Å². The first kappa shape index (κ1) is 14.0. The van der Waals surface area contributed by atoms with E-state index in [0.717, 1.165) is 31.7 Å². The molecule has 0 aromatic rings. The lowest BCUT2D eigenvalue weighted by atomic mass is 10.1. The molecule has 0 amide bonds. The van der Waals surface area contributed by atoms with Crippen LogP contribution in [0, 0.1) is 0 Å². The van der Waals surface area contributed by atoms with Gasteiger partial charge in [-0.05, 0) is 12.8 Å². The lowest BCUT2D eigenvalue weighted by Gasteiger charge is -2.28. The molecule has 3 heteroatoms. The number of hydrogen-bond acceptors (Lipinski definition) is 3. The first-order valence-electron chi connectivity index (χ1n) is 5.40. The minimum atomic E-state index is 0.241. The Bertz CT molecular complexity index is 146. The SMILES string of the molecule is CCC(CC)N(CC=CCS)CCO. The van der Waals surface area contributed by atoms with Gasteiger partial charge >= 0.3 is 0 Å². The van der Waals surface area contributed by atoms with Crippen LogP contribution < -0.4 is 0 Å². The molecule has 0 rings (SSSR count). The molecule has 0 heterocycles. The van der Waals surface area contributed by atoms with Crippen molar-refractivity contribution in [2.45, 2.75) is 32.7 Å². The quantitative estimate of drug-likeness (QED) is 0.479. The monoisotopic (exact) mass is 217 g/mol. The van der Waals surface area contributed by atoms with E-state index in [1.807, 2.05) is 0 Å². The van der Waals surface area contributed by atoms with Gasteiger partial charge in [-0.2, -0.15) is 12.6 Å². The molecule has 0 aliphatic heterocycles. The van der Waals surface area contributed by atoms with Crippen LogP contribution in [-0.2, 0) is 0 Å². The molecular weight excluding hydrogens is 194 g/mol. The summed E-state index contributed by atoms with van der Waals surface area (Å²) >= 11 is 4.12. The van der Waals surface area contributed by atoms with Crippen LogP contribution >= 0.6 is 12.6 Å². The van der Waals surface area contributed by atoms with E-state index in [0.29, 0.717) is 6.04 Å². The minimum Gasteiger partial charge on any atom is -0.395 e. The molecule has 84 valence electrons. The van der Waals surface area contributed by atoms with Gasteiger partial charge in [-0.25, -0.2) is 0 Å². The predicted octanol–water partition coefficient (Wildman–Crippen LogP) is 1.96. The Labute approximate surface area is 93.4 Å². The van der Waals surface area contributed by atoms with Crippen molar-refractivity contribution in [1.29, 1.82) is 0 Å². The van der Waals surface area contributed by atoms with E-state index in [1.165, 1.54) is 0 Å². The second kappa shape index (κ2) is 9.56.